The van der Waals surface area contributed by atoms with Gasteiger partial charge in [-0.05, 0) is 17.7 Å². The Morgan fingerprint density at radius 1 is 1.26 bits per heavy atom. The molecule has 0 saturated heterocycles. The molecule has 0 saturated carbocycles. The number of rotatable bonds is 3. The Kier molecular flexibility index (Phi) is 3.87. The van der Waals surface area contributed by atoms with E-state index in [4.69, 9.17) is 28.9 Å². The fourth-order valence-corrected chi connectivity index (χ4v) is 1.81. The Balaban J connectivity index is 2.29. The second-order valence-electron chi connectivity index (χ2n) is 3.84. The van der Waals surface area contributed by atoms with Crippen LogP contribution in [0.3, 0.4) is 0 Å². The van der Waals surface area contributed by atoms with E-state index in [-0.39, 0.29) is 16.7 Å². The van der Waals surface area contributed by atoms with Crippen LogP contribution in [-0.4, -0.2) is 15.5 Å². The van der Waals surface area contributed by atoms with Crippen LogP contribution in [0.1, 0.15) is 15.9 Å². The lowest BCUT2D eigenvalue weighted by Gasteiger charge is -2.06. The van der Waals surface area contributed by atoms with Gasteiger partial charge in [-0.15, -0.1) is 0 Å². The van der Waals surface area contributed by atoms with Gasteiger partial charge in [-0.2, -0.15) is 0 Å². The van der Waals surface area contributed by atoms with E-state index >= 15 is 0 Å². The van der Waals surface area contributed by atoms with Gasteiger partial charge in [-0.25, -0.2) is 4.98 Å². The highest BCUT2D eigenvalue weighted by Gasteiger charge is 2.08. The molecule has 2 aromatic rings. The lowest BCUT2D eigenvalue weighted by molar-refractivity contribution is 0.100. The van der Waals surface area contributed by atoms with Gasteiger partial charge in [0.2, 0.25) is 5.91 Å². The van der Waals surface area contributed by atoms with E-state index in [1.54, 1.807) is 24.3 Å². The summed E-state index contributed by atoms with van der Waals surface area (Å²) in [6, 6.07) is 6.59. The van der Waals surface area contributed by atoms with Crippen molar-refractivity contribution >= 4 is 29.1 Å². The number of aromatic nitrogens is 2. The fraction of sp³-hybridized carbons (Fsp3) is 0.0833. The van der Waals surface area contributed by atoms with E-state index in [0.29, 0.717) is 5.56 Å². The summed E-state index contributed by atoms with van der Waals surface area (Å²) < 4.78 is 1.33. The third-order valence-corrected chi connectivity index (χ3v) is 3.26. The van der Waals surface area contributed by atoms with E-state index < -0.39 is 11.5 Å². The smallest absolute Gasteiger partial charge is 0.273 e. The lowest BCUT2D eigenvalue weighted by atomic mass is 10.1. The van der Waals surface area contributed by atoms with E-state index in [0.717, 1.165) is 5.56 Å². The van der Waals surface area contributed by atoms with Gasteiger partial charge in [-0.1, -0.05) is 35.3 Å². The molecule has 2 rings (SSSR count). The minimum absolute atomic E-state index is 0.0213. The molecule has 0 bridgehead atoms. The van der Waals surface area contributed by atoms with Crippen LogP contribution in [0.2, 0.25) is 10.2 Å². The molecule has 1 aromatic carbocycles. The summed E-state index contributed by atoms with van der Waals surface area (Å²) in [4.78, 5) is 26.5. The van der Waals surface area contributed by atoms with Crippen molar-refractivity contribution in [2.45, 2.75) is 6.54 Å². The predicted octanol–water partition coefficient (Wildman–Crippen LogP) is 1.70. The van der Waals surface area contributed by atoms with E-state index in [1.165, 1.54) is 10.9 Å². The van der Waals surface area contributed by atoms with Crippen molar-refractivity contribution in [2.24, 2.45) is 5.73 Å². The molecule has 0 aliphatic rings. The van der Waals surface area contributed by atoms with Crippen LogP contribution in [0.4, 0.5) is 0 Å². The summed E-state index contributed by atoms with van der Waals surface area (Å²) in [5.74, 6) is -0.500. The van der Waals surface area contributed by atoms with Crippen molar-refractivity contribution in [3.63, 3.8) is 0 Å². The summed E-state index contributed by atoms with van der Waals surface area (Å²) in [6.07, 6.45) is 1.32. The Morgan fingerprint density at radius 2 is 1.89 bits per heavy atom. The van der Waals surface area contributed by atoms with Gasteiger partial charge >= 0.3 is 0 Å². The summed E-state index contributed by atoms with van der Waals surface area (Å²) in [7, 11) is 0. The minimum Gasteiger partial charge on any atom is -0.366 e. The largest absolute Gasteiger partial charge is 0.366 e. The second kappa shape index (κ2) is 5.42. The van der Waals surface area contributed by atoms with Crippen molar-refractivity contribution in [2.75, 3.05) is 0 Å². The first-order chi connectivity index (χ1) is 8.99. The van der Waals surface area contributed by atoms with Gasteiger partial charge in [0.25, 0.3) is 5.56 Å². The minimum atomic E-state index is -0.500. The first-order valence-corrected chi connectivity index (χ1v) is 6.04. The van der Waals surface area contributed by atoms with Gasteiger partial charge in [0.15, 0.2) is 5.15 Å². The topological polar surface area (TPSA) is 78.0 Å². The highest BCUT2D eigenvalue weighted by molar-refractivity contribution is 6.40. The van der Waals surface area contributed by atoms with Gasteiger partial charge in [0.1, 0.15) is 5.02 Å². The van der Waals surface area contributed by atoms with Crippen molar-refractivity contribution in [1.29, 1.82) is 0 Å². The summed E-state index contributed by atoms with van der Waals surface area (Å²) in [5.41, 5.74) is 5.94. The molecule has 98 valence electrons. The third-order valence-electron chi connectivity index (χ3n) is 2.53. The molecular formula is C12H9Cl2N3O2. The Morgan fingerprint density at radius 3 is 2.47 bits per heavy atom. The normalized spacial score (nSPS) is 10.4. The molecule has 0 aliphatic heterocycles. The van der Waals surface area contributed by atoms with Crippen LogP contribution in [0.15, 0.2) is 35.4 Å². The molecule has 5 nitrogen and oxygen atoms in total. The molecular weight excluding hydrogens is 289 g/mol. The zero-order valence-electron chi connectivity index (χ0n) is 9.64. The molecule has 0 spiro atoms. The number of benzene rings is 1. The second-order valence-corrected chi connectivity index (χ2v) is 4.58. The third kappa shape index (κ3) is 2.94. The molecule has 19 heavy (non-hydrogen) atoms. The number of carbonyl (C=O) groups is 1. The van der Waals surface area contributed by atoms with Crippen molar-refractivity contribution < 1.29 is 4.79 Å². The molecule has 2 N–H and O–H groups in total. The molecule has 0 fully saturated rings. The van der Waals surface area contributed by atoms with Crippen molar-refractivity contribution in [3.8, 4) is 0 Å². The number of hydrogen-bond donors (Lipinski definition) is 1. The zero-order chi connectivity index (χ0) is 14.0. The molecule has 1 aromatic heterocycles. The summed E-state index contributed by atoms with van der Waals surface area (Å²) >= 11 is 11.4. The number of nitrogens with zero attached hydrogens (tertiary/aromatic N) is 2. The quantitative estimate of drug-likeness (QED) is 0.876. The number of amides is 1. The summed E-state index contributed by atoms with van der Waals surface area (Å²) in [5, 5.41) is -0.134. The first-order valence-electron chi connectivity index (χ1n) is 5.28. The highest BCUT2D eigenvalue weighted by atomic mass is 35.5. The molecule has 1 amide bonds. The summed E-state index contributed by atoms with van der Waals surface area (Å²) in [6.45, 7) is 0.280. The standard InChI is InChI=1S/C12H9Cl2N3O2/c13-9-10(14)16-6-17(12(9)19)5-7-1-3-8(4-2-7)11(15)18/h1-4,6H,5H2,(H2,15,18). The average Bonchev–Trinajstić information content (AvgIpc) is 2.40. The monoisotopic (exact) mass is 297 g/mol. The molecule has 0 atom stereocenters. The van der Waals surface area contributed by atoms with Crippen LogP contribution in [0, 0.1) is 0 Å². The van der Waals surface area contributed by atoms with Crippen molar-refractivity contribution in [3.05, 3.63) is 62.2 Å². The maximum Gasteiger partial charge on any atom is 0.273 e. The van der Waals surface area contributed by atoms with Gasteiger partial charge in [0, 0.05) is 5.56 Å². The number of hydrogen-bond acceptors (Lipinski definition) is 3. The SMILES string of the molecule is NC(=O)c1ccc(Cn2cnc(Cl)c(Cl)c2=O)cc1. The fourth-order valence-electron chi connectivity index (χ4n) is 1.53. The number of halogens is 2. The molecule has 0 unspecified atom stereocenters. The first kappa shape index (κ1) is 13.6. The van der Waals surface area contributed by atoms with Crippen LogP contribution >= 0.6 is 23.2 Å². The maximum absolute atomic E-state index is 11.8. The molecule has 0 aliphatic carbocycles. The maximum atomic E-state index is 11.8. The van der Waals surface area contributed by atoms with Gasteiger partial charge in [-0.3, -0.25) is 14.2 Å². The van der Waals surface area contributed by atoms with Crippen LogP contribution in [-0.2, 0) is 6.54 Å². The lowest BCUT2D eigenvalue weighted by Crippen LogP contribution is -2.21. The van der Waals surface area contributed by atoms with E-state index in [1.807, 2.05) is 0 Å². The van der Waals surface area contributed by atoms with Gasteiger partial charge in [0.05, 0.1) is 12.9 Å². The van der Waals surface area contributed by atoms with E-state index in [9.17, 15) is 9.59 Å². The van der Waals surface area contributed by atoms with Crippen LogP contribution in [0.25, 0.3) is 0 Å². The molecule has 1 heterocycles. The van der Waals surface area contributed by atoms with Crippen LogP contribution < -0.4 is 11.3 Å². The molecule has 0 radical (unpaired) electrons. The highest BCUT2D eigenvalue weighted by Crippen LogP contribution is 2.13. The average molecular weight is 298 g/mol. The predicted molar refractivity (Wildman–Crippen MR) is 72.6 cm³/mol. The molecule has 7 heteroatoms. The Hall–Kier alpha value is -1.85. The van der Waals surface area contributed by atoms with Crippen molar-refractivity contribution in [1.82, 2.24) is 9.55 Å². The number of carbonyl (C=O) groups excluding carboxylic acids is 1. The Bertz CT molecular complexity index is 680. The Labute approximate surface area is 118 Å². The number of primary amides is 1. The number of nitrogens with two attached hydrogens (primary N) is 1. The van der Waals surface area contributed by atoms with Crippen LogP contribution in [0.5, 0.6) is 0 Å². The zero-order valence-corrected chi connectivity index (χ0v) is 11.1. The van der Waals surface area contributed by atoms with Gasteiger partial charge < -0.3 is 5.73 Å². The van der Waals surface area contributed by atoms with E-state index in [2.05, 4.69) is 4.98 Å².